The van der Waals surface area contributed by atoms with Gasteiger partial charge in [0.05, 0.1) is 35.9 Å². The summed E-state index contributed by atoms with van der Waals surface area (Å²) in [6.07, 6.45) is 8.53. The van der Waals surface area contributed by atoms with Crippen LogP contribution in [0.25, 0.3) is 33.9 Å². The molecule has 4 heterocycles. The van der Waals surface area contributed by atoms with E-state index in [9.17, 15) is 4.79 Å². The quantitative estimate of drug-likeness (QED) is 0.350. The molecule has 0 aliphatic carbocycles. The number of hydrogen-bond acceptors (Lipinski definition) is 7. The maximum atomic E-state index is 12.7. The van der Waals surface area contributed by atoms with Gasteiger partial charge in [0.2, 0.25) is 0 Å². The van der Waals surface area contributed by atoms with Crippen molar-refractivity contribution in [3.05, 3.63) is 60.7 Å². The molecule has 1 saturated heterocycles. The molecular formula is C27H32N8O2. The van der Waals surface area contributed by atoms with Crippen molar-refractivity contribution in [2.24, 2.45) is 5.73 Å². The van der Waals surface area contributed by atoms with Crippen molar-refractivity contribution in [3.63, 3.8) is 0 Å². The van der Waals surface area contributed by atoms with E-state index in [1.807, 2.05) is 52.0 Å². The van der Waals surface area contributed by atoms with Crippen molar-refractivity contribution in [2.45, 2.75) is 58.2 Å². The van der Waals surface area contributed by atoms with Crippen molar-refractivity contribution in [1.29, 1.82) is 0 Å². The van der Waals surface area contributed by atoms with E-state index < -0.39 is 5.60 Å². The van der Waals surface area contributed by atoms with Crippen LogP contribution >= 0.6 is 0 Å². The molecule has 4 N–H and O–H groups in total. The van der Waals surface area contributed by atoms with Crippen LogP contribution < -0.4 is 5.73 Å². The lowest BCUT2D eigenvalue weighted by Gasteiger charge is -2.27. The normalized spacial score (nSPS) is 16.7. The molecule has 5 rings (SSSR count). The standard InChI is InChI=1S/C27H32N8O2/c1-16(28)23-31-14-20(33-23)17-7-9-18(10-8-17)24-29-12-19(13-30-24)21-15-32-25(34-21)22-6-5-11-35(22)26(36)37-27(2,3)4/h7-10,12-16,22H,5-6,11,28H2,1-4H3,(H,31,33)(H,32,34)/t16-,22+/m0/s1. The molecule has 192 valence electrons. The highest BCUT2D eigenvalue weighted by Crippen LogP contribution is 2.33. The number of rotatable bonds is 5. The third-order valence-corrected chi connectivity index (χ3v) is 6.24. The van der Waals surface area contributed by atoms with Gasteiger partial charge in [0.25, 0.3) is 0 Å². The third-order valence-electron chi connectivity index (χ3n) is 6.24. The second-order valence-electron chi connectivity index (χ2n) is 10.4. The van der Waals surface area contributed by atoms with Gasteiger partial charge in [-0.05, 0) is 46.1 Å². The number of benzene rings is 1. The van der Waals surface area contributed by atoms with Crippen LogP contribution in [0.15, 0.2) is 49.1 Å². The number of imidazole rings is 2. The van der Waals surface area contributed by atoms with Crippen LogP contribution in [-0.2, 0) is 4.74 Å². The van der Waals surface area contributed by atoms with Crippen molar-refractivity contribution in [3.8, 4) is 33.9 Å². The fraction of sp³-hybridized carbons (Fsp3) is 0.370. The number of nitrogens with one attached hydrogen (secondary N) is 2. The van der Waals surface area contributed by atoms with E-state index in [0.717, 1.165) is 52.6 Å². The van der Waals surface area contributed by atoms with Crippen LogP contribution in [0, 0.1) is 0 Å². The van der Waals surface area contributed by atoms with Crippen LogP contribution in [-0.4, -0.2) is 53.0 Å². The Balaban J connectivity index is 1.28. The highest BCUT2D eigenvalue weighted by atomic mass is 16.6. The van der Waals surface area contributed by atoms with Crippen molar-refractivity contribution in [1.82, 2.24) is 34.8 Å². The molecule has 1 fully saturated rings. The molecule has 37 heavy (non-hydrogen) atoms. The van der Waals surface area contributed by atoms with Crippen molar-refractivity contribution >= 4 is 6.09 Å². The molecule has 3 aromatic heterocycles. The third kappa shape index (κ3) is 5.39. The average Bonchev–Trinajstić information content (AvgIpc) is 3.64. The molecule has 1 aliphatic heterocycles. The number of amides is 1. The molecule has 0 bridgehead atoms. The monoisotopic (exact) mass is 500 g/mol. The predicted molar refractivity (Wildman–Crippen MR) is 140 cm³/mol. The number of aromatic amines is 2. The molecule has 0 saturated carbocycles. The molecule has 1 aromatic carbocycles. The van der Waals surface area contributed by atoms with E-state index in [0.29, 0.717) is 12.4 Å². The summed E-state index contributed by atoms with van der Waals surface area (Å²) in [7, 11) is 0. The number of ether oxygens (including phenoxy) is 1. The zero-order valence-corrected chi connectivity index (χ0v) is 21.5. The summed E-state index contributed by atoms with van der Waals surface area (Å²) in [6, 6.07) is 7.69. The van der Waals surface area contributed by atoms with Gasteiger partial charge in [-0.1, -0.05) is 24.3 Å². The molecule has 10 nitrogen and oxygen atoms in total. The Hall–Kier alpha value is -4.05. The molecule has 1 amide bonds. The highest BCUT2D eigenvalue weighted by Gasteiger charge is 2.34. The second kappa shape index (κ2) is 9.78. The number of hydrogen-bond donors (Lipinski definition) is 3. The Bertz CT molecular complexity index is 1370. The van der Waals surface area contributed by atoms with E-state index in [-0.39, 0.29) is 18.2 Å². The second-order valence-corrected chi connectivity index (χ2v) is 10.4. The SMILES string of the molecule is C[C@H](N)c1ncc(-c2ccc(-c3ncc(-c4cnc([C@H]5CCCN5C(=O)OC(C)(C)C)[nH]4)cn3)cc2)[nH]1. The van der Waals surface area contributed by atoms with Gasteiger partial charge in [0.1, 0.15) is 17.2 Å². The summed E-state index contributed by atoms with van der Waals surface area (Å²) in [5, 5.41) is 0. The molecule has 1 aliphatic rings. The number of carbonyl (C=O) groups excluding carboxylic acids is 1. The first kappa shape index (κ1) is 24.6. The van der Waals surface area contributed by atoms with Crippen LogP contribution in [0.4, 0.5) is 4.79 Å². The van der Waals surface area contributed by atoms with E-state index in [1.54, 1.807) is 29.7 Å². The first-order valence-electron chi connectivity index (χ1n) is 12.5. The first-order valence-corrected chi connectivity index (χ1v) is 12.5. The highest BCUT2D eigenvalue weighted by molar-refractivity contribution is 5.69. The minimum atomic E-state index is -0.538. The summed E-state index contributed by atoms with van der Waals surface area (Å²) >= 11 is 0. The molecule has 4 aromatic rings. The van der Waals surface area contributed by atoms with Crippen molar-refractivity contribution < 1.29 is 9.53 Å². The largest absolute Gasteiger partial charge is 0.444 e. The summed E-state index contributed by atoms with van der Waals surface area (Å²) in [4.78, 5) is 39.0. The minimum absolute atomic E-state index is 0.138. The topological polar surface area (TPSA) is 139 Å². The molecular weight excluding hydrogens is 468 g/mol. The molecule has 2 atom stereocenters. The fourth-order valence-electron chi connectivity index (χ4n) is 4.37. The summed E-state index contributed by atoms with van der Waals surface area (Å²) in [5.41, 5.74) is 9.81. The average molecular weight is 501 g/mol. The van der Waals surface area contributed by atoms with Gasteiger partial charge in [-0.15, -0.1) is 0 Å². The zero-order chi connectivity index (χ0) is 26.2. The van der Waals surface area contributed by atoms with E-state index in [1.165, 1.54) is 0 Å². The minimum Gasteiger partial charge on any atom is -0.444 e. The van der Waals surface area contributed by atoms with Crippen LogP contribution in [0.2, 0.25) is 0 Å². The number of carbonyl (C=O) groups is 1. The maximum Gasteiger partial charge on any atom is 0.410 e. The Kier molecular flexibility index (Phi) is 6.51. The summed E-state index contributed by atoms with van der Waals surface area (Å²) in [6.45, 7) is 8.16. The predicted octanol–water partition coefficient (Wildman–Crippen LogP) is 5.02. The van der Waals surface area contributed by atoms with Crippen LogP contribution in [0.3, 0.4) is 0 Å². The Labute approximate surface area is 215 Å². The number of nitrogens with zero attached hydrogens (tertiary/aromatic N) is 5. The number of likely N-dealkylation sites (tertiary alicyclic amines) is 1. The number of nitrogens with two attached hydrogens (primary N) is 1. The molecule has 10 heteroatoms. The molecule has 0 unspecified atom stereocenters. The lowest BCUT2D eigenvalue weighted by molar-refractivity contribution is 0.0218. The smallest absolute Gasteiger partial charge is 0.410 e. The fourth-order valence-corrected chi connectivity index (χ4v) is 4.37. The summed E-state index contributed by atoms with van der Waals surface area (Å²) < 4.78 is 5.58. The summed E-state index contributed by atoms with van der Waals surface area (Å²) in [5.74, 6) is 2.12. The van der Waals surface area contributed by atoms with Gasteiger partial charge in [0.15, 0.2) is 5.82 Å². The maximum absolute atomic E-state index is 12.7. The van der Waals surface area contributed by atoms with Gasteiger partial charge < -0.3 is 20.4 Å². The van der Waals surface area contributed by atoms with Crippen LogP contribution in [0.1, 0.15) is 64.3 Å². The Morgan fingerprint density at radius 3 is 2.27 bits per heavy atom. The van der Waals surface area contributed by atoms with Gasteiger partial charge in [0, 0.05) is 30.1 Å². The van der Waals surface area contributed by atoms with E-state index in [4.69, 9.17) is 10.5 Å². The van der Waals surface area contributed by atoms with E-state index in [2.05, 4.69) is 29.9 Å². The lowest BCUT2D eigenvalue weighted by atomic mass is 10.1. The molecule has 0 radical (unpaired) electrons. The number of H-pyrrole nitrogens is 2. The Morgan fingerprint density at radius 1 is 0.973 bits per heavy atom. The lowest BCUT2D eigenvalue weighted by Crippen LogP contribution is -2.36. The Morgan fingerprint density at radius 2 is 1.62 bits per heavy atom. The zero-order valence-electron chi connectivity index (χ0n) is 21.5. The van der Waals surface area contributed by atoms with Gasteiger partial charge in [-0.2, -0.15) is 0 Å². The van der Waals surface area contributed by atoms with Gasteiger partial charge in [-0.25, -0.2) is 24.7 Å². The first-order chi connectivity index (χ1) is 17.7. The van der Waals surface area contributed by atoms with Crippen LogP contribution in [0.5, 0.6) is 0 Å². The van der Waals surface area contributed by atoms with Crippen molar-refractivity contribution in [2.75, 3.05) is 6.54 Å². The van der Waals surface area contributed by atoms with E-state index >= 15 is 0 Å². The van der Waals surface area contributed by atoms with Gasteiger partial charge >= 0.3 is 6.09 Å². The van der Waals surface area contributed by atoms with Gasteiger partial charge in [-0.3, -0.25) is 4.90 Å². The number of aromatic nitrogens is 6. The molecule has 0 spiro atoms.